The zero-order valence-electron chi connectivity index (χ0n) is 12.2. The molecule has 0 spiro atoms. The van der Waals surface area contributed by atoms with Crippen LogP contribution in [0.25, 0.3) is 0 Å². The van der Waals surface area contributed by atoms with E-state index in [1.54, 1.807) is 11.3 Å². The summed E-state index contributed by atoms with van der Waals surface area (Å²) in [7, 11) is 0. The largest absolute Gasteiger partial charge is 0.398 e. The van der Waals surface area contributed by atoms with E-state index in [-0.39, 0.29) is 11.9 Å². The molecule has 1 aliphatic rings. The number of thiophene rings is 1. The summed E-state index contributed by atoms with van der Waals surface area (Å²) >= 11 is 1.81. The average Bonchev–Trinajstić information content (AvgIpc) is 2.97. The van der Waals surface area contributed by atoms with Gasteiger partial charge >= 0.3 is 0 Å². The molecule has 1 aromatic carbocycles. The van der Waals surface area contributed by atoms with Gasteiger partial charge in [0.25, 0.3) is 0 Å². The predicted octanol–water partition coefficient (Wildman–Crippen LogP) is 3.41. The SMILES string of the molecule is CCC1c2ccsc2CCN1C(=O)Cc1ccccc1N. The first kappa shape index (κ1) is 14.1. The third kappa shape index (κ3) is 2.68. The molecule has 1 atom stereocenters. The maximum atomic E-state index is 12.7. The van der Waals surface area contributed by atoms with Crippen LogP contribution in [0.5, 0.6) is 0 Å². The van der Waals surface area contributed by atoms with Crippen molar-refractivity contribution in [3.63, 3.8) is 0 Å². The lowest BCUT2D eigenvalue weighted by Gasteiger charge is -2.35. The Labute approximate surface area is 129 Å². The topological polar surface area (TPSA) is 46.3 Å². The summed E-state index contributed by atoms with van der Waals surface area (Å²) in [5, 5.41) is 2.14. The molecular formula is C17H20N2OS. The molecule has 3 rings (SSSR count). The molecule has 0 fully saturated rings. The second-order valence-electron chi connectivity index (χ2n) is 5.44. The summed E-state index contributed by atoms with van der Waals surface area (Å²) < 4.78 is 0. The fourth-order valence-corrected chi connectivity index (χ4v) is 4.02. The first-order chi connectivity index (χ1) is 10.2. The van der Waals surface area contributed by atoms with Crippen LogP contribution in [0.1, 0.15) is 35.4 Å². The summed E-state index contributed by atoms with van der Waals surface area (Å²) in [5.74, 6) is 0.177. The van der Waals surface area contributed by atoms with Crippen LogP contribution in [0.4, 0.5) is 5.69 Å². The Morgan fingerprint density at radius 2 is 2.19 bits per heavy atom. The Morgan fingerprint density at radius 3 is 2.95 bits per heavy atom. The van der Waals surface area contributed by atoms with Gasteiger partial charge in [0.15, 0.2) is 0 Å². The van der Waals surface area contributed by atoms with Gasteiger partial charge in [0, 0.05) is 17.1 Å². The summed E-state index contributed by atoms with van der Waals surface area (Å²) in [6, 6.07) is 10.0. The first-order valence-corrected chi connectivity index (χ1v) is 8.27. The number of nitrogens with two attached hydrogens (primary N) is 1. The minimum absolute atomic E-state index is 0.177. The Morgan fingerprint density at radius 1 is 1.38 bits per heavy atom. The first-order valence-electron chi connectivity index (χ1n) is 7.39. The van der Waals surface area contributed by atoms with Crippen molar-refractivity contribution in [2.24, 2.45) is 0 Å². The third-order valence-electron chi connectivity index (χ3n) is 4.20. The molecule has 0 saturated carbocycles. The Bertz CT molecular complexity index is 650. The second-order valence-corrected chi connectivity index (χ2v) is 6.44. The highest BCUT2D eigenvalue weighted by Gasteiger charge is 2.30. The molecule has 1 aromatic heterocycles. The summed E-state index contributed by atoms with van der Waals surface area (Å²) in [6.45, 7) is 2.96. The van der Waals surface area contributed by atoms with Gasteiger partial charge in [0.05, 0.1) is 12.5 Å². The van der Waals surface area contributed by atoms with Crippen LogP contribution in [0.3, 0.4) is 0 Å². The lowest BCUT2D eigenvalue weighted by Crippen LogP contribution is -2.40. The standard InChI is InChI=1S/C17H20N2OS/c1-2-15-13-8-10-21-16(13)7-9-19(15)17(20)11-12-5-3-4-6-14(12)18/h3-6,8,10,15H,2,7,9,11,18H2,1H3. The second kappa shape index (κ2) is 5.90. The highest BCUT2D eigenvalue weighted by molar-refractivity contribution is 7.10. The minimum atomic E-state index is 0.177. The molecule has 110 valence electrons. The van der Waals surface area contributed by atoms with Crippen LogP contribution in [0.2, 0.25) is 0 Å². The number of para-hydroxylation sites is 1. The zero-order chi connectivity index (χ0) is 14.8. The van der Waals surface area contributed by atoms with Crippen molar-refractivity contribution in [3.05, 3.63) is 51.7 Å². The van der Waals surface area contributed by atoms with Gasteiger partial charge in [-0.15, -0.1) is 11.3 Å². The fourth-order valence-electron chi connectivity index (χ4n) is 3.09. The van der Waals surface area contributed by atoms with Crippen molar-refractivity contribution in [2.75, 3.05) is 12.3 Å². The Kier molecular flexibility index (Phi) is 3.97. The summed E-state index contributed by atoms with van der Waals surface area (Å²) in [4.78, 5) is 16.2. The molecule has 3 nitrogen and oxygen atoms in total. The molecule has 21 heavy (non-hydrogen) atoms. The van der Waals surface area contributed by atoms with Crippen LogP contribution >= 0.6 is 11.3 Å². The number of amides is 1. The minimum Gasteiger partial charge on any atom is -0.398 e. The third-order valence-corrected chi connectivity index (χ3v) is 5.20. The van der Waals surface area contributed by atoms with E-state index in [4.69, 9.17) is 5.73 Å². The number of rotatable bonds is 3. The average molecular weight is 300 g/mol. The van der Waals surface area contributed by atoms with E-state index in [1.807, 2.05) is 29.2 Å². The molecule has 0 bridgehead atoms. The van der Waals surface area contributed by atoms with E-state index in [0.717, 1.165) is 24.9 Å². The van der Waals surface area contributed by atoms with Crippen LogP contribution < -0.4 is 5.73 Å². The van der Waals surface area contributed by atoms with E-state index in [9.17, 15) is 4.79 Å². The van der Waals surface area contributed by atoms with Gasteiger partial charge in [-0.05, 0) is 41.5 Å². The van der Waals surface area contributed by atoms with E-state index in [2.05, 4.69) is 18.4 Å². The molecule has 2 N–H and O–H groups in total. The van der Waals surface area contributed by atoms with Gasteiger partial charge in [-0.1, -0.05) is 25.1 Å². The van der Waals surface area contributed by atoms with E-state index >= 15 is 0 Å². The lowest BCUT2D eigenvalue weighted by atomic mass is 9.96. The number of anilines is 1. The maximum Gasteiger partial charge on any atom is 0.227 e. The van der Waals surface area contributed by atoms with Gasteiger partial charge in [-0.3, -0.25) is 4.79 Å². The zero-order valence-corrected chi connectivity index (χ0v) is 13.0. The van der Waals surface area contributed by atoms with Crippen molar-refractivity contribution in [1.29, 1.82) is 0 Å². The van der Waals surface area contributed by atoms with Gasteiger partial charge in [0.2, 0.25) is 5.91 Å². The molecule has 1 aliphatic heterocycles. The van der Waals surface area contributed by atoms with Gasteiger partial charge in [0.1, 0.15) is 0 Å². The van der Waals surface area contributed by atoms with Crippen LogP contribution in [-0.4, -0.2) is 17.4 Å². The number of nitrogens with zero attached hydrogens (tertiary/aromatic N) is 1. The number of carbonyl (C=O) groups excluding carboxylic acids is 1. The highest BCUT2D eigenvalue weighted by atomic mass is 32.1. The molecular weight excluding hydrogens is 280 g/mol. The van der Waals surface area contributed by atoms with Crippen molar-refractivity contribution in [2.45, 2.75) is 32.2 Å². The van der Waals surface area contributed by atoms with Gasteiger partial charge < -0.3 is 10.6 Å². The monoisotopic (exact) mass is 300 g/mol. The Balaban J connectivity index is 1.80. The van der Waals surface area contributed by atoms with Gasteiger partial charge in [-0.25, -0.2) is 0 Å². The molecule has 1 unspecified atom stereocenters. The normalized spacial score (nSPS) is 17.6. The van der Waals surface area contributed by atoms with E-state index < -0.39 is 0 Å². The number of nitrogen functional groups attached to an aromatic ring is 1. The van der Waals surface area contributed by atoms with E-state index in [1.165, 1.54) is 10.4 Å². The van der Waals surface area contributed by atoms with Crippen LogP contribution in [-0.2, 0) is 17.6 Å². The molecule has 0 aliphatic carbocycles. The summed E-state index contributed by atoms with van der Waals surface area (Å²) in [5.41, 5.74) is 8.92. The van der Waals surface area contributed by atoms with Crippen LogP contribution in [0.15, 0.2) is 35.7 Å². The highest BCUT2D eigenvalue weighted by Crippen LogP contribution is 2.35. The number of hydrogen-bond acceptors (Lipinski definition) is 3. The molecule has 0 saturated heterocycles. The summed E-state index contributed by atoms with van der Waals surface area (Å²) in [6.07, 6.45) is 2.32. The smallest absolute Gasteiger partial charge is 0.227 e. The fraction of sp³-hybridized carbons (Fsp3) is 0.353. The van der Waals surface area contributed by atoms with Crippen LogP contribution in [0, 0.1) is 0 Å². The number of hydrogen-bond donors (Lipinski definition) is 1. The molecule has 2 aromatic rings. The molecule has 2 heterocycles. The number of carbonyl (C=O) groups is 1. The van der Waals surface area contributed by atoms with E-state index in [0.29, 0.717) is 12.1 Å². The van der Waals surface area contributed by atoms with Crippen molar-refractivity contribution in [3.8, 4) is 0 Å². The van der Waals surface area contributed by atoms with Gasteiger partial charge in [-0.2, -0.15) is 0 Å². The quantitative estimate of drug-likeness (QED) is 0.883. The van der Waals surface area contributed by atoms with Crippen molar-refractivity contribution >= 4 is 22.9 Å². The van der Waals surface area contributed by atoms with Crippen molar-refractivity contribution in [1.82, 2.24) is 4.90 Å². The number of benzene rings is 1. The molecule has 1 amide bonds. The Hall–Kier alpha value is -1.81. The predicted molar refractivity (Wildman–Crippen MR) is 87.3 cm³/mol. The number of fused-ring (bicyclic) bond motifs is 1. The lowest BCUT2D eigenvalue weighted by molar-refractivity contribution is -0.133. The maximum absolute atomic E-state index is 12.7. The molecule has 4 heteroatoms. The van der Waals surface area contributed by atoms with Crippen molar-refractivity contribution < 1.29 is 4.79 Å². The molecule has 0 radical (unpaired) electrons.